The Balaban J connectivity index is 1.56. The number of halogens is 1. The summed E-state index contributed by atoms with van der Waals surface area (Å²) in [5.41, 5.74) is 0.428. The molecule has 2 rings (SSSR count). The van der Waals surface area contributed by atoms with Crippen LogP contribution in [0.25, 0.3) is 0 Å². The molecule has 86 valence electrons. The average molecular weight is 273 g/mol. The lowest BCUT2D eigenvalue weighted by Crippen LogP contribution is -2.10. The third kappa shape index (κ3) is 2.27. The van der Waals surface area contributed by atoms with Crippen LogP contribution >= 0.6 is 15.9 Å². The number of rotatable bonds is 7. The molecule has 2 aliphatic rings. The highest BCUT2D eigenvalue weighted by Gasteiger charge is 2.69. The van der Waals surface area contributed by atoms with E-state index < -0.39 is 0 Å². The maximum atomic E-state index is 4.28. The van der Waals surface area contributed by atoms with Crippen molar-refractivity contribution < 1.29 is 0 Å². The van der Waals surface area contributed by atoms with Gasteiger partial charge in [-0.1, -0.05) is 61.4 Å². The Bertz CT molecular complexity index is 254. The highest BCUT2D eigenvalue weighted by molar-refractivity contribution is 9.10. The van der Waals surface area contributed by atoms with Crippen molar-refractivity contribution in [3.8, 4) is 0 Å². The van der Waals surface area contributed by atoms with Crippen LogP contribution in [0.5, 0.6) is 0 Å². The molecule has 2 unspecified atom stereocenters. The number of hydrogen-bond donors (Lipinski definition) is 0. The van der Waals surface area contributed by atoms with E-state index in [1.807, 2.05) is 0 Å². The molecule has 1 fully saturated rings. The van der Waals surface area contributed by atoms with Crippen LogP contribution in [0.2, 0.25) is 0 Å². The standard InChI is InChI=1S/C12H21BrN2/c1-2-3-4-5-6-7-8-11-9-12(11,13)15-14-10-11/h2-10H2,1H3. The van der Waals surface area contributed by atoms with E-state index in [0.717, 1.165) is 6.54 Å². The predicted molar refractivity (Wildman–Crippen MR) is 66.4 cm³/mol. The van der Waals surface area contributed by atoms with Gasteiger partial charge >= 0.3 is 0 Å². The van der Waals surface area contributed by atoms with E-state index in [0.29, 0.717) is 5.41 Å². The SMILES string of the molecule is CCCCCCCCC12CN=NC1(Br)C2. The van der Waals surface area contributed by atoms with Gasteiger partial charge in [-0.25, -0.2) is 0 Å². The van der Waals surface area contributed by atoms with Gasteiger partial charge in [-0.05, 0) is 12.8 Å². The molecule has 0 bridgehead atoms. The molecule has 1 heterocycles. The highest BCUT2D eigenvalue weighted by atomic mass is 79.9. The molecule has 0 saturated heterocycles. The van der Waals surface area contributed by atoms with E-state index in [9.17, 15) is 0 Å². The zero-order valence-corrected chi connectivity index (χ0v) is 11.2. The monoisotopic (exact) mass is 272 g/mol. The molecule has 1 aliphatic heterocycles. The molecule has 2 atom stereocenters. The first-order valence-electron chi connectivity index (χ1n) is 6.30. The van der Waals surface area contributed by atoms with Crippen LogP contribution in [0.3, 0.4) is 0 Å². The Morgan fingerprint density at radius 3 is 2.47 bits per heavy atom. The van der Waals surface area contributed by atoms with Gasteiger partial charge in [-0.15, -0.1) is 0 Å². The van der Waals surface area contributed by atoms with Crippen LogP contribution in [0.15, 0.2) is 10.2 Å². The van der Waals surface area contributed by atoms with Gasteiger partial charge in [-0.3, -0.25) is 0 Å². The van der Waals surface area contributed by atoms with Crippen LogP contribution in [0.1, 0.15) is 58.3 Å². The Kier molecular flexibility index (Phi) is 3.49. The van der Waals surface area contributed by atoms with Gasteiger partial charge in [-0.2, -0.15) is 10.2 Å². The molecule has 0 aromatic rings. The molecule has 3 heteroatoms. The molecule has 0 aromatic heterocycles. The van der Waals surface area contributed by atoms with E-state index in [4.69, 9.17) is 0 Å². The van der Waals surface area contributed by atoms with Crippen molar-refractivity contribution in [2.24, 2.45) is 15.6 Å². The fraction of sp³-hybridized carbons (Fsp3) is 1.00. The largest absolute Gasteiger partial charge is 0.192 e. The topological polar surface area (TPSA) is 24.7 Å². The van der Waals surface area contributed by atoms with Crippen LogP contribution in [-0.4, -0.2) is 11.0 Å². The fourth-order valence-electron chi connectivity index (χ4n) is 2.61. The van der Waals surface area contributed by atoms with Crippen molar-refractivity contribution in [2.45, 2.75) is 62.7 Å². The summed E-state index contributed by atoms with van der Waals surface area (Å²) in [6.07, 6.45) is 10.9. The number of hydrogen-bond acceptors (Lipinski definition) is 2. The summed E-state index contributed by atoms with van der Waals surface area (Å²) in [6, 6.07) is 0. The second kappa shape index (κ2) is 4.52. The summed E-state index contributed by atoms with van der Waals surface area (Å²) in [5.74, 6) is 0. The Hall–Kier alpha value is 0.0800. The molecule has 0 amide bonds. The second-order valence-corrected chi connectivity index (χ2v) is 6.45. The minimum absolute atomic E-state index is 0.0728. The summed E-state index contributed by atoms with van der Waals surface area (Å²) in [7, 11) is 0. The van der Waals surface area contributed by atoms with Crippen molar-refractivity contribution in [2.75, 3.05) is 6.54 Å². The van der Waals surface area contributed by atoms with Gasteiger partial charge < -0.3 is 0 Å². The van der Waals surface area contributed by atoms with E-state index in [1.165, 1.54) is 51.4 Å². The van der Waals surface area contributed by atoms with Crippen molar-refractivity contribution in [1.82, 2.24) is 0 Å². The zero-order valence-electron chi connectivity index (χ0n) is 9.64. The normalized spacial score (nSPS) is 36.9. The van der Waals surface area contributed by atoms with Crippen LogP contribution < -0.4 is 0 Å². The maximum Gasteiger partial charge on any atom is 0.144 e. The number of unbranched alkanes of at least 4 members (excludes halogenated alkanes) is 5. The molecule has 2 nitrogen and oxygen atoms in total. The average Bonchev–Trinajstić information content (AvgIpc) is 2.66. The van der Waals surface area contributed by atoms with Gasteiger partial charge in [0.2, 0.25) is 0 Å². The van der Waals surface area contributed by atoms with Crippen molar-refractivity contribution >= 4 is 15.9 Å². The molecule has 0 N–H and O–H groups in total. The van der Waals surface area contributed by atoms with E-state index in [1.54, 1.807) is 0 Å². The Morgan fingerprint density at radius 1 is 1.13 bits per heavy atom. The second-order valence-electron chi connectivity index (χ2n) is 5.13. The summed E-state index contributed by atoms with van der Waals surface area (Å²) >= 11 is 3.71. The number of alkyl halides is 1. The van der Waals surface area contributed by atoms with Crippen LogP contribution in [0, 0.1) is 5.41 Å². The van der Waals surface area contributed by atoms with Crippen molar-refractivity contribution in [3.05, 3.63) is 0 Å². The van der Waals surface area contributed by atoms with Gasteiger partial charge in [0.1, 0.15) is 4.45 Å². The van der Waals surface area contributed by atoms with E-state index in [2.05, 4.69) is 33.1 Å². The predicted octanol–water partition coefficient (Wildman–Crippen LogP) is 4.68. The summed E-state index contributed by atoms with van der Waals surface area (Å²) < 4.78 is 0.0728. The number of fused-ring (bicyclic) bond motifs is 1. The van der Waals surface area contributed by atoms with E-state index >= 15 is 0 Å². The fourth-order valence-corrected chi connectivity index (χ4v) is 3.58. The Morgan fingerprint density at radius 2 is 1.87 bits per heavy atom. The summed E-state index contributed by atoms with van der Waals surface area (Å²) in [5, 5.41) is 8.45. The van der Waals surface area contributed by atoms with Gasteiger partial charge in [0.05, 0.1) is 6.54 Å². The lowest BCUT2D eigenvalue weighted by atomic mass is 9.97. The lowest BCUT2D eigenvalue weighted by Gasteiger charge is -2.10. The quantitative estimate of drug-likeness (QED) is 0.365. The third-order valence-corrected chi connectivity index (χ3v) is 5.15. The highest BCUT2D eigenvalue weighted by Crippen LogP contribution is 2.68. The van der Waals surface area contributed by atoms with Gasteiger partial charge in [0.25, 0.3) is 0 Å². The van der Waals surface area contributed by atoms with Crippen molar-refractivity contribution in [3.63, 3.8) is 0 Å². The number of nitrogens with zero attached hydrogens (tertiary/aromatic N) is 2. The molecule has 15 heavy (non-hydrogen) atoms. The van der Waals surface area contributed by atoms with Gasteiger partial charge in [0.15, 0.2) is 0 Å². The molecular formula is C12H21BrN2. The minimum Gasteiger partial charge on any atom is -0.192 e. The molecule has 1 saturated carbocycles. The summed E-state index contributed by atoms with van der Waals surface area (Å²) in [4.78, 5) is 0. The first-order valence-corrected chi connectivity index (χ1v) is 7.09. The first-order chi connectivity index (χ1) is 7.22. The summed E-state index contributed by atoms with van der Waals surface area (Å²) in [6.45, 7) is 3.23. The van der Waals surface area contributed by atoms with Crippen LogP contribution in [0.4, 0.5) is 0 Å². The van der Waals surface area contributed by atoms with E-state index in [-0.39, 0.29) is 4.45 Å². The Labute approximate surface area is 101 Å². The molecule has 1 aliphatic carbocycles. The maximum absolute atomic E-state index is 4.28. The van der Waals surface area contributed by atoms with Crippen LogP contribution in [-0.2, 0) is 0 Å². The molecule has 0 aromatic carbocycles. The zero-order chi connectivity index (χ0) is 10.8. The molecule has 0 spiro atoms. The van der Waals surface area contributed by atoms with Gasteiger partial charge in [0, 0.05) is 5.41 Å². The molecular weight excluding hydrogens is 252 g/mol. The lowest BCUT2D eigenvalue weighted by molar-refractivity contribution is 0.446. The van der Waals surface area contributed by atoms with Crippen molar-refractivity contribution in [1.29, 1.82) is 0 Å². The first kappa shape index (κ1) is 11.6. The number of azo groups is 1. The smallest absolute Gasteiger partial charge is 0.144 e. The molecule has 0 radical (unpaired) electrons. The third-order valence-electron chi connectivity index (χ3n) is 3.87. The minimum atomic E-state index is 0.0728.